The molecule has 23 nitrogen and oxygen atoms in total. The number of carbonyl (C=O) groups excluding carboxylic acids is 3. The van der Waals surface area contributed by atoms with Crippen molar-refractivity contribution in [1.82, 2.24) is 0 Å². The SMILES string of the molecule is COC(=O)/C(C)=C\CC12OC(C)(C)C3CC(C1=O)C(C(/C(N)=N/O)/C(N)=N\O)C1C(=O)c4c(OP(=O)(O)OP(=O)(O)OP(=O)(O)O)c5c(c(CC=C(C)C)c4OC132)OC(C)(CCC=C(C)C)C=C5. The van der Waals surface area contributed by atoms with E-state index < -0.39 is 122 Å². The number of ketones is 2. The fraction of sp³-hybridized carbons (Fsp3) is 0.548. The maximum Gasteiger partial charge on any atom is 0.536 e. The average molecular weight is 1010 g/mol. The molecular formula is C42H57N4O19P3. The molecule has 10 atom stereocenters. The number of hydrogen-bond donors (Lipinski definition) is 8. The highest BCUT2D eigenvalue weighted by Crippen LogP contribution is 2.74. The maximum atomic E-state index is 16.3. The number of phosphoric ester groups is 1. The van der Waals surface area contributed by atoms with E-state index in [2.05, 4.69) is 18.9 Å². The zero-order valence-corrected chi connectivity index (χ0v) is 41.4. The molecule has 68 heavy (non-hydrogen) atoms. The van der Waals surface area contributed by atoms with Gasteiger partial charge in [-0.05, 0) is 99.1 Å². The molecule has 3 heterocycles. The van der Waals surface area contributed by atoms with Crippen molar-refractivity contribution >= 4 is 58.8 Å². The fourth-order valence-electron chi connectivity index (χ4n) is 10.6. The molecule has 1 aromatic rings. The Hall–Kier alpha value is -4.66. The summed E-state index contributed by atoms with van der Waals surface area (Å²) >= 11 is 0. The first-order valence-corrected chi connectivity index (χ1v) is 25.8. The molecule has 374 valence electrons. The number of nitrogens with two attached hydrogens (primary N) is 2. The third-order valence-electron chi connectivity index (χ3n) is 13.2. The van der Waals surface area contributed by atoms with Crippen molar-refractivity contribution in [2.75, 3.05) is 7.11 Å². The number of nitrogens with zero attached hydrogens (tertiary/aromatic N) is 2. The highest BCUT2D eigenvalue weighted by atomic mass is 31.3. The van der Waals surface area contributed by atoms with Crippen molar-refractivity contribution in [1.29, 1.82) is 0 Å². The van der Waals surface area contributed by atoms with Crippen LogP contribution in [0.15, 0.2) is 51.3 Å². The van der Waals surface area contributed by atoms with E-state index in [4.69, 9.17) is 34.9 Å². The molecule has 1 aromatic carbocycles. The van der Waals surface area contributed by atoms with Gasteiger partial charge in [0, 0.05) is 29.4 Å². The van der Waals surface area contributed by atoms with Crippen molar-refractivity contribution in [3.63, 3.8) is 0 Å². The molecule has 3 aliphatic heterocycles. The van der Waals surface area contributed by atoms with Gasteiger partial charge >= 0.3 is 29.4 Å². The van der Waals surface area contributed by atoms with Crippen LogP contribution in [0.4, 0.5) is 0 Å². The second-order valence-corrected chi connectivity index (χ2v) is 23.1. The Labute approximate surface area is 391 Å². The van der Waals surface area contributed by atoms with Gasteiger partial charge in [0.1, 0.15) is 34.3 Å². The highest BCUT2D eigenvalue weighted by Gasteiger charge is 2.86. The predicted molar refractivity (Wildman–Crippen MR) is 241 cm³/mol. The number of rotatable bonds is 17. The van der Waals surface area contributed by atoms with Crippen LogP contribution in [0, 0.1) is 29.6 Å². The molecule has 1 spiro atoms. The molecular weight excluding hydrogens is 957 g/mol. The van der Waals surface area contributed by atoms with E-state index in [1.54, 1.807) is 46.8 Å². The number of phosphoric acid groups is 3. The van der Waals surface area contributed by atoms with Crippen molar-refractivity contribution in [2.24, 2.45) is 51.4 Å². The van der Waals surface area contributed by atoms with Crippen LogP contribution >= 0.6 is 23.5 Å². The fourth-order valence-corrected chi connectivity index (χ4v) is 13.7. The molecule has 26 heteroatoms. The lowest BCUT2D eigenvalue weighted by Gasteiger charge is -2.64. The van der Waals surface area contributed by atoms with Gasteiger partial charge in [0.2, 0.25) is 0 Å². The molecule has 7 rings (SSSR count). The van der Waals surface area contributed by atoms with E-state index in [1.165, 1.54) is 19.1 Å². The van der Waals surface area contributed by atoms with Crippen molar-refractivity contribution in [3.8, 4) is 17.2 Å². The topological polar surface area (TPSA) is 365 Å². The molecule has 10 unspecified atom stereocenters. The first kappa shape index (κ1) is 52.7. The number of oxime groups is 2. The first-order valence-electron chi connectivity index (χ1n) is 21.2. The Morgan fingerprint density at radius 1 is 0.912 bits per heavy atom. The number of ether oxygens (including phenoxy) is 4. The van der Waals surface area contributed by atoms with Crippen molar-refractivity contribution < 1.29 is 90.2 Å². The van der Waals surface area contributed by atoms with Crippen LogP contribution in [-0.4, -0.2) is 88.7 Å². The molecule has 3 saturated carbocycles. The minimum Gasteiger partial charge on any atom is -0.482 e. The van der Waals surface area contributed by atoms with Gasteiger partial charge in [-0.2, -0.15) is 8.62 Å². The summed E-state index contributed by atoms with van der Waals surface area (Å²) in [6.07, 6.45) is 8.51. The second kappa shape index (κ2) is 18.3. The number of carbonyl (C=O) groups is 3. The molecule has 3 aliphatic carbocycles. The predicted octanol–water partition coefficient (Wildman–Crippen LogP) is 5.74. The van der Waals surface area contributed by atoms with E-state index in [0.29, 0.717) is 12.8 Å². The number of allylic oxidation sites excluding steroid dienone is 4. The standard InChI is InChI=1S/C42H57N4O19P3/c1-20(2)11-10-16-40(8)17-15-24-32(60-40)23(13-12-21(3)4)33-29(34(24)62-67(55,56)65-68(57,58)64-66(52,53)54)31(47)30-27(28(36(43)45-50)37(44)46-51)25-19-26-39(6,7)63-41(35(25)48,42(26,30)61-33)18-14-22(5)38(49)59-9/h11-12,14-15,17,25-28,30,50-51H,10,13,16,18-19H2,1-9H3,(H2,43,45)(H2,44,46)(H,55,56)(H,57,58)(H2,52,53,54)/b22-14-. The van der Waals surface area contributed by atoms with Crippen LogP contribution in [-0.2, 0) is 47.8 Å². The zero-order valence-electron chi connectivity index (χ0n) is 38.7. The summed E-state index contributed by atoms with van der Waals surface area (Å²) in [5.74, 6) is -12.1. The van der Waals surface area contributed by atoms with E-state index in [0.717, 1.165) is 18.3 Å². The van der Waals surface area contributed by atoms with Crippen LogP contribution < -0.4 is 25.5 Å². The van der Waals surface area contributed by atoms with Crippen LogP contribution in [0.2, 0.25) is 0 Å². The minimum atomic E-state index is -6.14. The lowest BCUT2D eigenvalue weighted by atomic mass is 9.41. The van der Waals surface area contributed by atoms with Gasteiger partial charge in [-0.25, -0.2) is 18.5 Å². The molecule has 10 N–H and O–H groups in total. The van der Waals surface area contributed by atoms with Gasteiger partial charge in [-0.3, -0.25) is 14.5 Å². The van der Waals surface area contributed by atoms with Gasteiger partial charge in [-0.1, -0.05) is 39.7 Å². The van der Waals surface area contributed by atoms with E-state index in [9.17, 15) is 48.5 Å². The lowest BCUT2D eigenvalue weighted by molar-refractivity contribution is -0.212. The summed E-state index contributed by atoms with van der Waals surface area (Å²) in [5.41, 5.74) is 7.01. The van der Waals surface area contributed by atoms with Gasteiger partial charge in [0.15, 0.2) is 28.5 Å². The summed E-state index contributed by atoms with van der Waals surface area (Å²) in [5, 5.41) is 26.4. The molecule has 6 aliphatic rings. The van der Waals surface area contributed by atoms with E-state index in [1.807, 2.05) is 19.9 Å². The van der Waals surface area contributed by atoms with Crippen molar-refractivity contribution in [3.05, 3.63) is 57.7 Å². The number of esters is 1. The summed E-state index contributed by atoms with van der Waals surface area (Å²) in [7, 11) is -17.0. The summed E-state index contributed by atoms with van der Waals surface area (Å²) in [6.45, 7) is 14.0. The second-order valence-electron chi connectivity index (χ2n) is 18.7. The lowest BCUT2D eigenvalue weighted by Crippen LogP contribution is -2.80. The summed E-state index contributed by atoms with van der Waals surface area (Å²) < 4.78 is 78.0. The van der Waals surface area contributed by atoms with Crippen LogP contribution in [0.3, 0.4) is 0 Å². The molecule has 4 fully saturated rings. The molecule has 4 bridgehead atoms. The quantitative estimate of drug-likeness (QED) is 0.0135. The number of hydrogen-bond acceptors (Lipinski definition) is 17. The Balaban J connectivity index is 1.77. The largest absolute Gasteiger partial charge is 0.536 e. The number of Topliss-reactive ketones (excluding diaryl/α,β-unsaturated/α-hetero) is 2. The Morgan fingerprint density at radius 2 is 1.53 bits per heavy atom. The molecule has 1 saturated heterocycles. The number of fused-ring (bicyclic) bond motifs is 2. The van der Waals surface area contributed by atoms with Gasteiger partial charge in [0.25, 0.3) is 0 Å². The Bertz CT molecular complexity index is 2630. The Kier molecular flexibility index (Phi) is 14.2. The number of benzene rings is 1. The molecule has 0 amide bonds. The first-order chi connectivity index (χ1) is 31.3. The van der Waals surface area contributed by atoms with Gasteiger partial charge < -0.3 is 60.0 Å². The number of amidine groups is 2. The normalized spacial score (nSPS) is 30.3. The van der Waals surface area contributed by atoms with Crippen LogP contribution in [0.1, 0.15) is 103 Å². The van der Waals surface area contributed by atoms with Crippen LogP contribution in [0.25, 0.3) is 6.08 Å². The molecule has 0 aromatic heterocycles. The maximum absolute atomic E-state index is 16.3. The van der Waals surface area contributed by atoms with Crippen LogP contribution in [0.5, 0.6) is 17.2 Å². The summed E-state index contributed by atoms with van der Waals surface area (Å²) in [4.78, 5) is 84.6. The zero-order chi connectivity index (χ0) is 50.9. The molecule has 0 radical (unpaired) electrons. The average Bonchev–Trinajstić information content (AvgIpc) is 3.35. The summed E-state index contributed by atoms with van der Waals surface area (Å²) in [6, 6.07) is 0. The minimum absolute atomic E-state index is 0.0587. The van der Waals surface area contributed by atoms with Crippen molar-refractivity contribution in [2.45, 2.75) is 110 Å². The third kappa shape index (κ3) is 9.26. The van der Waals surface area contributed by atoms with Gasteiger partial charge in [0.05, 0.1) is 30.1 Å². The van der Waals surface area contributed by atoms with E-state index >= 15 is 9.59 Å². The Morgan fingerprint density at radius 3 is 2.09 bits per heavy atom. The van der Waals surface area contributed by atoms with E-state index in [-0.39, 0.29) is 41.0 Å². The monoisotopic (exact) mass is 1010 g/mol. The van der Waals surface area contributed by atoms with Gasteiger partial charge in [-0.15, -0.1) is 0 Å². The number of methoxy groups -OCH3 is 1. The highest BCUT2D eigenvalue weighted by molar-refractivity contribution is 7.66. The third-order valence-corrected chi connectivity index (χ3v) is 16.9. The smallest absolute Gasteiger partial charge is 0.482 e.